The molecular weight excluding hydrogens is 324 g/mol. The molecule has 0 saturated carbocycles. The maximum absolute atomic E-state index is 12.2. The Morgan fingerprint density at radius 3 is 2.56 bits per heavy atom. The first kappa shape index (κ1) is 16.4. The van der Waals surface area contributed by atoms with Crippen LogP contribution < -0.4 is 10.2 Å². The second-order valence-electron chi connectivity index (χ2n) is 5.17. The number of fused-ring (bicyclic) bond motifs is 1. The monoisotopic (exact) mass is 338 g/mol. The molecule has 0 aliphatic heterocycles. The highest BCUT2D eigenvalue weighted by Crippen LogP contribution is 2.18. The zero-order chi connectivity index (χ0) is 17.8. The standard InChI is InChI=1S/C19H14O6/c1-23-16-8-4-2-7-13(16)15(21)11-24-19(22)18-10-14(20)12-6-3-5-9-17(12)25-18/h2-10H,11H2,1H3. The van der Waals surface area contributed by atoms with Crippen molar-refractivity contribution >= 4 is 22.7 Å². The van der Waals surface area contributed by atoms with E-state index in [1.165, 1.54) is 7.11 Å². The second-order valence-corrected chi connectivity index (χ2v) is 5.17. The van der Waals surface area contributed by atoms with Gasteiger partial charge in [-0.3, -0.25) is 9.59 Å². The fourth-order valence-electron chi connectivity index (χ4n) is 2.36. The van der Waals surface area contributed by atoms with Crippen LogP contribution in [0.25, 0.3) is 11.0 Å². The molecule has 0 radical (unpaired) electrons. The fraction of sp³-hybridized carbons (Fsp3) is 0.105. The molecule has 0 bridgehead atoms. The van der Waals surface area contributed by atoms with Gasteiger partial charge in [0.25, 0.3) is 0 Å². The highest BCUT2D eigenvalue weighted by Gasteiger charge is 2.17. The van der Waals surface area contributed by atoms with Gasteiger partial charge in [-0.2, -0.15) is 0 Å². The largest absolute Gasteiger partial charge is 0.496 e. The highest BCUT2D eigenvalue weighted by atomic mass is 16.5. The molecule has 126 valence electrons. The molecule has 2 aromatic carbocycles. The van der Waals surface area contributed by atoms with Crippen LogP contribution in [-0.4, -0.2) is 25.5 Å². The van der Waals surface area contributed by atoms with E-state index in [1.807, 2.05) is 0 Å². The first-order chi connectivity index (χ1) is 12.1. The lowest BCUT2D eigenvalue weighted by Gasteiger charge is -2.08. The van der Waals surface area contributed by atoms with E-state index in [1.54, 1.807) is 48.5 Å². The first-order valence-corrected chi connectivity index (χ1v) is 7.46. The normalized spacial score (nSPS) is 10.4. The van der Waals surface area contributed by atoms with Gasteiger partial charge in [0.15, 0.2) is 12.0 Å². The Hall–Kier alpha value is -3.41. The number of para-hydroxylation sites is 2. The number of hydrogen-bond donors (Lipinski definition) is 0. The van der Waals surface area contributed by atoms with Crippen LogP contribution in [0.4, 0.5) is 0 Å². The van der Waals surface area contributed by atoms with Crippen molar-refractivity contribution in [2.45, 2.75) is 0 Å². The van der Waals surface area contributed by atoms with Crippen LogP contribution >= 0.6 is 0 Å². The number of esters is 1. The van der Waals surface area contributed by atoms with E-state index >= 15 is 0 Å². The van der Waals surface area contributed by atoms with E-state index in [0.29, 0.717) is 16.7 Å². The number of carbonyl (C=O) groups is 2. The molecule has 1 aromatic heterocycles. The molecule has 0 unspecified atom stereocenters. The van der Waals surface area contributed by atoms with Gasteiger partial charge in [-0.25, -0.2) is 4.79 Å². The lowest BCUT2D eigenvalue weighted by molar-refractivity contribution is 0.0443. The quantitative estimate of drug-likeness (QED) is 0.525. The molecule has 0 atom stereocenters. The lowest BCUT2D eigenvalue weighted by atomic mass is 10.1. The molecule has 0 N–H and O–H groups in total. The molecule has 6 nitrogen and oxygen atoms in total. The molecule has 3 aromatic rings. The van der Waals surface area contributed by atoms with Crippen molar-refractivity contribution in [3.05, 3.63) is 76.1 Å². The third-order valence-electron chi connectivity index (χ3n) is 3.58. The number of ketones is 1. The van der Waals surface area contributed by atoms with Crippen LogP contribution in [0.15, 0.2) is 63.8 Å². The summed E-state index contributed by atoms with van der Waals surface area (Å²) in [6.07, 6.45) is 0. The van der Waals surface area contributed by atoms with Gasteiger partial charge in [0.1, 0.15) is 11.3 Å². The van der Waals surface area contributed by atoms with E-state index in [9.17, 15) is 14.4 Å². The average Bonchev–Trinajstić information content (AvgIpc) is 2.65. The number of hydrogen-bond acceptors (Lipinski definition) is 6. The Bertz CT molecular complexity index is 1000. The van der Waals surface area contributed by atoms with Crippen molar-refractivity contribution in [2.75, 3.05) is 13.7 Å². The van der Waals surface area contributed by atoms with Crippen LogP contribution in [0, 0.1) is 0 Å². The number of benzene rings is 2. The predicted octanol–water partition coefficient (Wildman–Crippen LogP) is 2.84. The van der Waals surface area contributed by atoms with Gasteiger partial charge in [-0.1, -0.05) is 24.3 Å². The minimum atomic E-state index is -0.883. The lowest BCUT2D eigenvalue weighted by Crippen LogP contribution is -2.16. The molecular formula is C19H14O6. The molecule has 0 fully saturated rings. The van der Waals surface area contributed by atoms with Gasteiger partial charge in [-0.15, -0.1) is 0 Å². The summed E-state index contributed by atoms with van der Waals surface area (Å²) < 4.78 is 15.4. The Morgan fingerprint density at radius 2 is 1.76 bits per heavy atom. The Balaban J connectivity index is 1.77. The van der Waals surface area contributed by atoms with Gasteiger partial charge in [0, 0.05) is 6.07 Å². The summed E-state index contributed by atoms with van der Waals surface area (Å²) in [5.41, 5.74) is 0.223. The molecule has 0 aliphatic carbocycles. The molecule has 25 heavy (non-hydrogen) atoms. The van der Waals surface area contributed by atoms with Crippen LogP contribution in [-0.2, 0) is 4.74 Å². The molecule has 0 aliphatic rings. The molecule has 6 heteroatoms. The molecule has 0 saturated heterocycles. The third-order valence-corrected chi connectivity index (χ3v) is 3.58. The Kier molecular flexibility index (Phi) is 4.61. The molecule has 0 spiro atoms. The summed E-state index contributed by atoms with van der Waals surface area (Å²) in [6.45, 7) is -0.490. The van der Waals surface area contributed by atoms with Crippen molar-refractivity contribution < 1.29 is 23.5 Å². The summed E-state index contributed by atoms with van der Waals surface area (Å²) in [6, 6.07) is 14.2. The van der Waals surface area contributed by atoms with Crippen molar-refractivity contribution in [1.82, 2.24) is 0 Å². The van der Waals surface area contributed by atoms with E-state index in [2.05, 4.69) is 0 Å². The highest BCUT2D eigenvalue weighted by molar-refractivity contribution is 6.01. The van der Waals surface area contributed by atoms with Crippen LogP contribution in [0.5, 0.6) is 5.75 Å². The van der Waals surface area contributed by atoms with E-state index in [-0.39, 0.29) is 16.8 Å². The smallest absolute Gasteiger partial charge is 0.374 e. The fourth-order valence-corrected chi connectivity index (χ4v) is 2.36. The van der Waals surface area contributed by atoms with Gasteiger partial charge in [0.2, 0.25) is 11.5 Å². The van der Waals surface area contributed by atoms with Gasteiger partial charge >= 0.3 is 5.97 Å². The summed E-state index contributed by atoms with van der Waals surface area (Å²) in [5.74, 6) is -1.17. The number of ether oxygens (including phenoxy) is 2. The first-order valence-electron chi connectivity index (χ1n) is 7.46. The SMILES string of the molecule is COc1ccccc1C(=O)COC(=O)c1cc(=O)c2ccccc2o1. The maximum Gasteiger partial charge on any atom is 0.374 e. The second kappa shape index (κ2) is 7.00. The third kappa shape index (κ3) is 3.42. The van der Waals surface area contributed by atoms with Crippen molar-refractivity contribution in [3.8, 4) is 5.75 Å². The van der Waals surface area contributed by atoms with Crippen molar-refractivity contribution in [3.63, 3.8) is 0 Å². The minimum absolute atomic E-state index is 0.253. The van der Waals surface area contributed by atoms with E-state index in [4.69, 9.17) is 13.9 Å². The Morgan fingerprint density at radius 1 is 1.04 bits per heavy atom. The molecule has 1 heterocycles. The van der Waals surface area contributed by atoms with E-state index in [0.717, 1.165) is 6.07 Å². The predicted molar refractivity (Wildman–Crippen MR) is 90.1 cm³/mol. The molecule has 0 amide bonds. The van der Waals surface area contributed by atoms with E-state index < -0.39 is 18.4 Å². The van der Waals surface area contributed by atoms with Crippen LogP contribution in [0.1, 0.15) is 20.9 Å². The maximum atomic E-state index is 12.2. The van der Waals surface area contributed by atoms with Crippen LogP contribution in [0.2, 0.25) is 0 Å². The zero-order valence-electron chi connectivity index (χ0n) is 13.4. The summed E-state index contributed by atoms with van der Waals surface area (Å²) in [4.78, 5) is 36.3. The number of rotatable bonds is 5. The van der Waals surface area contributed by atoms with Gasteiger partial charge in [-0.05, 0) is 24.3 Å². The zero-order valence-corrected chi connectivity index (χ0v) is 13.4. The summed E-state index contributed by atoms with van der Waals surface area (Å²) in [5, 5.41) is 0.365. The van der Waals surface area contributed by atoms with Gasteiger partial charge in [0.05, 0.1) is 18.1 Å². The minimum Gasteiger partial charge on any atom is -0.496 e. The number of methoxy groups -OCH3 is 1. The van der Waals surface area contributed by atoms with Crippen molar-refractivity contribution in [2.24, 2.45) is 0 Å². The molecule has 3 rings (SSSR count). The Labute approximate surface area is 142 Å². The number of Topliss-reactive ketones (excluding diaryl/α,β-unsaturated/α-hetero) is 1. The summed E-state index contributed by atoms with van der Waals surface area (Å²) >= 11 is 0. The topological polar surface area (TPSA) is 82.8 Å². The van der Waals surface area contributed by atoms with Crippen molar-refractivity contribution in [1.29, 1.82) is 0 Å². The van der Waals surface area contributed by atoms with Gasteiger partial charge < -0.3 is 13.9 Å². The number of carbonyl (C=O) groups excluding carboxylic acids is 2. The summed E-state index contributed by atoms with van der Waals surface area (Å²) in [7, 11) is 1.45. The van der Waals surface area contributed by atoms with Crippen LogP contribution in [0.3, 0.4) is 0 Å². The average molecular weight is 338 g/mol.